The molecule has 2 heterocycles. The molecule has 2 rings (SSSR count). The average molecular weight is 322 g/mol. The lowest BCUT2D eigenvalue weighted by molar-refractivity contribution is -0.117. The van der Waals surface area contributed by atoms with Crippen LogP contribution in [0.2, 0.25) is 0 Å². The fourth-order valence-corrected chi connectivity index (χ4v) is 2.70. The highest BCUT2D eigenvalue weighted by atomic mass is 32.2. The molecule has 4 amide bonds. The van der Waals surface area contributed by atoms with Gasteiger partial charge in [-0.2, -0.15) is 0 Å². The monoisotopic (exact) mass is 322 g/mol. The van der Waals surface area contributed by atoms with Gasteiger partial charge in [0.2, 0.25) is 5.91 Å². The number of hydrogen-bond acceptors (Lipinski definition) is 5. The summed E-state index contributed by atoms with van der Waals surface area (Å²) in [7, 11) is 1.44. The van der Waals surface area contributed by atoms with Gasteiger partial charge in [0.25, 0.3) is 5.91 Å². The van der Waals surface area contributed by atoms with Crippen LogP contribution in [-0.4, -0.2) is 53.6 Å². The van der Waals surface area contributed by atoms with Crippen LogP contribution in [0.4, 0.5) is 4.79 Å². The number of imide groups is 1. The number of urea groups is 1. The van der Waals surface area contributed by atoms with E-state index in [4.69, 9.17) is 0 Å². The van der Waals surface area contributed by atoms with Crippen molar-refractivity contribution in [3.8, 4) is 0 Å². The lowest BCUT2D eigenvalue weighted by Gasteiger charge is -2.14. The second-order valence-electron chi connectivity index (χ2n) is 4.80. The number of carbonyl (C=O) groups is 3. The summed E-state index contributed by atoms with van der Waals surface area (Å²) in [5.74, 6) is -0.317. The molecular formula is C14H18N4O3S. The van der Waals surface area contributed by atoms with E-state index in [0.29, 0.717) is 10.6 Å². The van der Waals surface area contributed by atoms with Crippen molar-refractivity contribution >= 4 is 29.6 Å². The molecule has 1 aromatic rings. The number of nitrogens with one attached hydrogen (secondary N) is 2. The van der Waals surface area contributed by atoms with Crippen LogP contribution in [0.5, 0.6) is 0 Å². The molecule has 0 bridgehead atoms. The molecule has 1 fully saturated rings. The highest BCUT2D eigenvalue weighted by Gasteiger charge is 2.19. The molecule has 0 atom stereocenters. The van der Waals surface area contributed by atoms with Crippen LogP contribution in [0.1, 0.15) is 23.2 Å². The van der Waals surface area contributed by atoms with Crippen molar-refractivity contribution in [2.75, 3.05) is 25.9 Å². The summed E-state index contributed by atoms with van der Waals surface area (Å²) < 4.78 is 0. The van der Waals surface area contributed by atoms with E-state index < -0.39 is 11.9 Å². The van der Waals surface area contributed by atoms with E-state index in [1.807, 2.05) is 4.90 Å². The van der Waals surface area contributed by atoms with E-state index in [-0.39, 0.29) is 11.7 Å². The summed E-state index contributed by atoms with van der Waals surface area (Å²) in [6, 6.07) is 2.89. The lowest BCUT2D eigenvalue weighted by Crippen LogP contribution is -2.38. The van der Waals surface area contributed by atoms with E-state index in [0.717, 1.165) is 25.9 Å². The summed E-state index contributed by atoms with van der Waals surface area (Å²) in [5, 5.41) is 5.10. The SMILES string of the molecule is CNC(=O)NC(=O)CSc1ccc(C(=O)N2CCCC2)cn1. The second kappa shape index (κ2) is 7.79. The predicted octanol–water partition coefficient (Wildman–Crippen LogP) is 0.865. The van der Waals surface area contributed by atoms with Gasteiger partial charge in [-0.1, -0.05) is 11.8 Å². The third-order valence-electron chi connectivity index (χ3n) is 3.21. The molecule has 0 radical (unpaired) electrons. The number of nitrogens with zero attached hydrogens (tertiary/aromatic N) is 2. The smallest absolute Gasteiger partial charge is 0.321 e. The van der Waals surface area contributed by atoms with Gasteiger partial charge in [-0.15, -0.1) is 0 Å². The average Bonchev–Trinajstić information content (AvgIpc) is 3.07. The van der Waals surface area contributed by atoms with E-state index >= 15 is 0 Å². The third kappa shape index (κ3) is 4.45. The molecule has 0 aliphatic carbocycles. The van der Waals surface area contributed by atoms with Crippen molar-refractivity contribution in [3.63, 3.8) is 0 Å². The molecule has 1 saturated heterocycles. The van der Waals surface area contributed by atoms with Crippen LogP contribution < -0.4 is 10.6 Å². The van der Waals surface area contributed by atoms with Gasteiger partial charge in [-0.25, -0.2) is 9.78 Å². The number of hydrogen-bond donors (Lipinski definition) is 2. The van der Waals surface area contributed by atoms with Gasteiger partial charge in [0, 0.05) is 26.3 Å². The summed E-state index contributed by atoms with van der Waals surface area (Å²) in [6.07, 6.45) is 3.63. The van der Waals surface area contributed by atoms with Crippen molar-refractivity contribution in [2.24, 2.45) is 0 Å². The maximum atomic E-state index is 12.1. The molecule has 8 heteroatoms. The number of carbonyl (C=O) groups excluding carboxylic acids is 3. The van der Waals surface area contributed by atoms with Gasteiger partial charge in [0.05, 0.1) is 16.3 Å². The molecule has 2 N–H and O–H groups in total. The largest absolute Gasteiger partial charge is 0.341 e. The lowest BCUT2D eigenvalue weighted by atomic mass is 10.2. The van der Waals surface area contributed by atoms with Gasteiger partial charge >= 0.3 is 6.03 Å². The Morgan fingerprint density at radius 1 is 1.27 bits per heavy atom. The number of pyridine rings is 1. The Kier molecular flexibility index (Phi) is 5.76. The minimum absolute atomic E-state index is 0.00101. The highest BCUT2D eigenvalue weighted by Crippen LogP contribution is 2.17. The van der Waals surface area contributed by atoms with Crippen LogP contribution in [0.15, 0.2) is 23.4 Å². The Bertz CT molecular complexity index is 556. The molecule has 118 valence electrons. The van der Waals surface area contributed by atoms with Gasteiger partial charge < -0.3 is 10.2 Å². The van der Waals surface area contributed by atoms with Crippen molar-refractivity contribution in [2.45, 2.75) is 17.9 Å². The van der Waals surface area contributed by atoms with Crippen molar-refractivity contribution < 1.29 is 14.4 Å². The molecule has 22 heavy (non-hydrogen) atoms. The molecule has 0 unspecified atom stereocenters. The van der Waals surface area contributed by atoms with Crippen LogP contribution in [-0.2, 0) is 4.79 Å². The van der Waals surface area contributed by atoms with Gasteiger partial charge in [0.15, 0.2) is 0 Å². The van der Waals surface area contributed by atoms with Crippen LogP contribution in [0.3, 0.4) is 0 Å². The number of likely N-dealkylation sites (tertiary alicyclic amines) is 1. The number of aromatic nitrogens is 1. The zero-order chi connectivity index (χ0) is 15.9. The minimum atomic E-state index is -0.537. The fourth-order valence-electron chi connectivity index (χ4n) is 2.06. The first-order valence-corrected chi connectivity index (χ1v) is 7.98. The van der Waals surface area contributed by atoms with E-state index in [1.165, 1.54) is 25.0 Å². The number of rotatable bonds is 4. The summed E-state index contributed by atoms with van der Waals surface area (Å²) in [6.45, 7) is 1.60. The second-order valence-corrected chi connectivity index (χ2v) is 5.80. The molecule has 1 aliphatic rings. The van der Waals surface area contributed by atoms with Crippen molar-refractivity contribution in [1.29, 1.82) is 0 Å². The van der Waals surface area contributed by atoms with E-state index in [1.54, 1.807) is 12.1 Å². The first-order chi connectivity index (χ1) is 10.6. The van der Waals surface area contributed by atoms with Gasteiger partial charge in [-0.3, -0.25) is 14.9 Å². The Morgan fingerprint density at radius 3 is 2.59 bits per heavy atom. The van der Waals surface area contributed by atoms with Gasteiger partial charge in [-0.05, 0) is 25.0 Å². The third-order valence-corrected chi connectivity index (χ3v) is 4.15. The molecule has 0 saturated carbocycles. The Hall–Kier alpha value is -2.09. The van der Waals surface area contributed by atoms with E-state index in [2.05, 4.69) is 15.6 Å². The van der Waals surface area contributed by atoms with Gasteiger partial charge in [0.1, 0.15) is 0 Å². The highest BCUT2D eigenvalue weighted by molar-refractivity contribution is 7.99. The first kappa shape index (κ1) is 16.3. The first-order valence-electron chi connectivity index (χ1n) is 7.00. The molecule has 7 nitrogen and oxygen atoms in total. The summed E-state index contributed by atoms with van der Waals surface area (Å²) in [5.41, 5.74) is 0.557. The minimum Gasteiger partial charge on any atom is -0.341 e. The Balaban J connectivity index is 1.85. The maximum Gasteiger partial charge on any atom is 0.321 e. The standard InChI is InChI=1S/C14H18N4O3S/c1-15-14(21)17-11(19)9-22-12-5-4-10(8-16-12)13(20)18-6-2-3-7-18/h4-5,8H,2-3,6-7,9H2,1H3,(H2,15,17,19,21). The van der Waals surface area contributed by atoms with E-state index in [9.17, 15) is 14.4 Å². The molecule has 0 spiro atoms. The topological polar surface area (TPSA) is 91.4 Å². The fraction of sp³-hybridized carbons (Fsp3) is 0.429. The quantitative estimate of drug-likeness (QED) is 0.803. The molecule has 1 aliphatic heterocycles. The summed E-state index contributed by atoms with van der Waals surface area (Å²) >= 11 is 1.21. The molecular weight excluding hydrogens is 304 g/mol. The number of amides is 4. The summed E-state index contributed by atoms with van der Waals surface area (Å²) in [4.78, 5) is 40.6. The molecule has 1 aromatic heterocycles. The Morgan fingerprint density at radius 2 is 2.00 bits per heavy atom. The zero-order valence-electron chi connectivity index (χ0n) is 12.3. The zero-order valence-corrected chi connectivity index (χ0v) is 13.1. The number of thioether (sulfide) groups is 1. The van der Waals surface area contributed by atoms with Crippen LogP contribution in [0, 0.1) is 0 Å². The van der Waals surface area contributed by atoms with Crippen molar-refractivity contribution in [1.82, 2.24) is 20.5 Å². The van der Waals surface area contributed by atoms with Crippen molar-refractivity contribution in [3.05, 3.63) is 23.9 Å². The normalized spacial score (nSPS) is 13.8. The molecule has 0 aromatic carbocycles. The van der Waals surface area contributed by atoms with Crippen LogP contribution >= 0.6 is 11.8 Å². The Labute approximate surface area is 132 Å². The van der Waals surface area contributed by atoms with Crippen LogP contribution in [0.25, 0.3) is 0 Å². The maximum absolute atomic E-state index is 12.1. The predicted molar refractivity (Wildman–Crippen MR) is 82.7 cm³/mol.